The van der Waals surface area contributed by atoms with E-state index in [0.717, 1.165) is 113 Å². The maximum atomic E-state index is 10.7. The van der Waals surface area contributed by atoms with Crippen LogP contribution in [-0.2, 0) is 23.7 Å². The fourth-order valence-corrected chi connectivity index (χ4v) is 6.59. The first-order valence-electron chi connectivity index (χ1n) is 16.7. The van der Waals surface area contributed by atoms with Gasteiger partial charge in [0.1, 0.15) is 6.10 Å². The highest BCUT2D eigenvalue weighted by molar-refractivity contribution is 7.99. The van der Waals surface area contributed by atoms with Gasteiger partial charge in [0.15, 0.2) is 6.29 Å². The lowest BCUT2D eigenvalue weighted by molar-refractivity contribution is -0.284. The summed E-state index contributed by atoms with van der Waals surface area (Å²) in [6.07, 6.45) is 9.55. The molecule has 248 valence electrons. The predicted octanol–water partition coefficient (Wildman–Crippen LogP) is 5.51. The molecule has 0 amide bonds. The van der Waals surface area contributed by atoms with Crippen molar-refractivity contribution in [2.24, 2.45) is 11.3 Å². The van der Waals surface area contributed by atoms with E-state index in [2.05, 4.69) is 26.1 Å². The number of ether oxygens (including phenoxy) is 5. The van der Waals surface area contributed by atoms with Crippen molar-refractivity contribution >= 4 is 29.0 Å². The fourth-order valence-electron chi connectivity index (χ4n) is 5.30. The number of nitrogens with one attached hydrogen (secondary N) is 1. The molecule has 10 heteroatoms. The van der Waals surface area contributed by atoms with Gasteiger partial charge in [-0.2, -0.15) is 11.8 Å². The first kappa shape index (κ1) is 38.1. The lowest BCUT2D eigenvalue weighted by Gasteiger charge is -2.43. The molecule has 0 aromatic carbocycles. The molecule has 5 atom stereocenters. The van der Waals surface area contributed by atoms with E-state index in [4.69, 9.17) is 35.9 Å². The number of hydrogen-bond acceptors (Lipinski definition) is 9. The zero-order valence-corrected chi connectivity index (χ0v) is 28.3. The van der Waals surface area contributed by atoms with Gasteiger partial charge in [-0.3, -0.25) is 0 Å². The van der Waals surface area contributed by atoms with E-state index in [1.54, 1.807) is 0 Å². The van der Waals surface area contributed by atoms with Crippen molar-refractivity contribution in [2.45, 2.75) is 122 Å². The van der Waals surface area contributed by atoms with Crippen molar-refractivity contribution in [3.8, 4) is 0 Å². The molecule has 3 aliphatic heterocycles. The van der Waals surface area contributed by atoms with Gasteiger partial charge in [-0.25, -0.2) is 0 Å². The Morgan fingerprint density at radius 3 is 2.10 bits per heavy atom. The Kier molecular flexibility index (Phi) is 21.2. The number of rotatable bonds is 23. The van der Waals surface area contributed by atoms with Gasteiger partial charge in [0.05, 0.1) is 42.4 Å². The minimum atomic E-state index is -0.976. The van der Waals surface area contributed by atoms with E-state index >= 15 is 0 Å². The quantitative estimate of drug-likeness (QED) is 0.0986. The lowest BCUT2D eigenvalue weighted by Crippen LogP contribution is -2.56. The predicted molar refractivity (Wildman–Crippen MR) is 175 cm³/mol. The molecule has 3 heterocycles. The molecule has 42 heavy (non-hydrogen) atoms. The van der Waals surface area contributed by atoms with Crippen LogP contribution in [0.5, 0.6) is 0 Å². The summed E-state index contributed by atoms with van der Waals surface area (Å²) in [6, 6.07) is 0. The van der Waals surface area contributed by atoms with Crippen molar-refractivity contribution in [1.82, 2.24) is 5.32 Å². The van der Waals surface area contributed by atoms with Crippen molar-refractivity contribution in [3.63, 3.8) is 0 Å². The summed E-state index contributed by atoms with van der Waals surface area (Å²) in [5.74, 6) is 1.67. The maximum absolute atomic E-state index is 10.7. The molecule has 3 saturated heterocycles. The van der Waals surface area contributed by atoms with Gasteiger partial charge < -0.3 is 39.2 Å². The van der Waals surface area contributed by atoms with Crippen LogP contribution in [0.3, 0.4) is 0 Å². The highest BCUT2D eigenvalue weighted by Crippen LogP contribution is 2.34. The molecular weight excluding hydrogens is 574 g/mol. The van der Waals surface area contributed by atoms with Crippen LogP contribution in [0, 0.1) is 11.3 Å². The van der Waals surface area contributed by atoms with Gasteiger partial charge in [0.25, 0.3) is 0 Å². The van der Waals surface area contributed by atoms with Crippen LogP contribution >= 0.6 is 24.0 Å². The second-order valence-corrected chi connectivity index (χ2v) is 13.7. The SMILES string of the molecule is CCCCOCC(CNC(=S)CCCSCC1O[C@@H]2OCCCCCC1[C@H](O)C2O)(COCCCC)COCCCC. The van der Waals surface area contributed by atoms with Crippen LogP contribution in [-0.4, -0.2) is 104 Å². The van der Waals surface area contributed by atoms with E-state index in [9.17, 15) is 10.2 Å². The molecule has 0 aliphatic carbocycles. The Bertz CT molecular complexity index is 656. The smallest absolute Gasteiger partial charge is 0.186 e. The summed E-state index contributed by atoms with van der Waals surface area (Å²) in [4.78, 5) is 0.858. The number of fused-ring (bicyclic) bond motifs is 7. The van der Waals surface area contributed by atoms with Crippen molar-refractivity contribution in [3.05, 3.63) is 0 Å². The molecule has 3 unspecified atom stereocenters. The Balaban J connectivity index is 1.82. The Morgan fingerprint density at radius 2 is 1.50 bits per heavy atom. The molecule has 0 spiro atoms. The molecule has 3 rings (SSSR count). The molecule has 3 aliphatic rings. The van der Waals surface area contributed by atoms with Crippen LogP contribution in [0.4, 0.5) is 0 Å². The third kappa shape index (κ3) is 14.8. The second kappa shape index (κ2) is 23.3. The average molecular weight is 636 g/mol. The zero-order chi connectivity index (χ0) is 30.5. The summed E-state index contributed by atoms with van der Waals surface area (Å²) < 4.78 is 30.2. The minimum Gasteiger partial charge on any atom is -0.390 e. The third-order valence-corrected chi connectivity index (χ3v) is 9.59. The fraction of sp³-hybridized carbons (Fsp3) is 0.969. The highest BCUT2D eigenvalue weighted by Gasteiger charge is 2.44. The molecule has 3 fully saturated rings. The van der Waals surface area contributed by atoms with Crippen LogP contribution in [0.25, 0.3) is 0 Å². The molecule has 3 N–H and O–H groups in total. The summed E-state index contributed by atoms with van der Waals surface area (Å²) >= 11 is 7.57. The first-order chi connectivity index (χ1) is 20.5. The van der Waals surface area contributed by atoms with Gasteiger partial charge in [-0.15, -0.1) is 0 Å². The van der Waals surface area contributed by atoms with Crippen molar-refractivity contribution in [2.75, 3.05) is 64.3 Å². The summed E-state index contributed by atoms with van der Waals surface area (Å²) in [5, 5.41) is 24.7. The van der Waals surface area contributed by atoms with Gasteiger partial charge in [0, 0.05) is 44.6 Å². The largest absolute Gasteiger partial charge is 0.390 e. The van der Waals surface area contributed by atoms with Gasteiger partial charge in [-0.1, -0.05) is 65.1 Å². The van der Waals surface area contributed by atoms with Crippen molar-refractivity contribution < 1.29 is 33.9 Å². The van der Waals surface area contributed by atoms with Gasteiger partial charge in [0.2, 0.25) is 0 Å². The Morgan fingerprint density at radius 1 is 0.881 bits per heavy atom. The summed E-state index contributed by atoms with van der Waals surface area (Å²) in [6.45, 7) is 11.8. The molecule has 0 radical (unpaired) electrons. The van der Waals surface area contributed by atoms with E-state index in [-0.39, 0.29) is 17.4 Å². The number of unbranched alkanes of at least 4 members (excludes halogenated alkanes) is 3. The average Bonchev–Trinajstić information content (AvgIpc) is 2.99. The van der Waals surface area contributed by atoms with Crippen LogP contribution in [0.1, 0.15) is 97.8 Å². The minimum absolute atomic E-state index is 0.0556. The Hall–Kier alpha value is -0.0400. The van der Waals surface area contributed by atoms with Crippen LogP contribution in [0.2, 0.25) is 0 Å². The van der Waals surface area contributed by atoms with E-state index < -0.39 is 18.5 Å². The van der Waals surface area contributed by atoms with Gasteiger partial charge >= 0.3 is 0 Å². The van der Waals surface area contributed by atoms with Crippen molar-refractivity contribution in [1.29, 1.82) is 0 Å². The molecule has 0 aromatic heterocycles. The number of thioether (sulfide) groups is 1. The second-order valence-electron chi connectivity index (χ2n) is 12.1. The monoisotopic (exact) mass is 635 g/mol. The summed E-state index contributed by atoms with van der Waals surface area (Å²) in [5.41, 5.74) is -0.284. The molecule has 8 nitrogen and oxygen atoms in total. The molecule has 2 bridgehead atoms. The standard InChI is InChI=1S/C32H61NO7S2/c1-4-7-16-36-23-32(24-37-17-8-5-2,25-38-18-9-6-3)22-33-28(41)15-13-20-42-21-27-26-14-11-10-12-19-39-31(40-27)30(35)29(26)34/h26-27,29-31,34-35H,4-25H2,1-3H3,(H,33,41)/t26?,27?,29-,30?,31-/m0/s1. The van der Waals surface area contributed by atoms with Crippen LogP contribution in [0.15, 0.2) is 0 Å². The topological polar surface area (TPSA) is 98.6 Å². The first-order valence-corrected chi connectivity index (χ1v) is 18.2. The molecular formula is C32H61NO7S2. The third-order valence-electron chi connectivity index (χ3n) is 8.10. The lowest BCUT2D eigenvalue weighted by atomic mass is 9.85. The number of aliphatic hydroxyl groups is 2. The number of hydrogen-bond donors (Lipinski definition) is 3. The normalized spacial score (nSPS) is 25.0. The maximum Gasteiger partial charge on any atom is 0.186 e. The summed E-state index contributed by atoms with van der Waals surface area (Å²) in [7, 11) is 0. The molecule has 0 aromatic rings. The van der Waals surface area contributed by atoms with Crippen LogP contribution < -0.4 is 5.32 Å². The Labute approximate surface area is 265 Å². The number of thiocarbonyl (C=S) groups is 1. The number of aliphatic hydroxyl groups excluding tert-OH is 2. The van der Waals surface area contributed by atoms with E-state index in [1.807, 2.05) is 11.8 Å². The molecule has 0 saturated carbocycles. The van der Waals surface area contributed by atoms with E-state index in [1.165, 1.54) is 0 Å². The zero-order valence-electron chi connectivity index (χ0n) is 26.7. The van der Waals surface area contributed by atoms with Gasteiger partial charge in [-0.05, 0) is 50.7 Å². The highest BCUT2D eigenvalue weighted by atomic mass is 32.2. The van der Waals surface area contributed by atoms with E-state index in [0.29, 0.717) is 33.0 Å².